The van der Waals surface area contributed by atoms with Crippen molar-refractivity contribution >= 4 is 23.6 Å². The molecule has 4 atom stereocenters. The van der Waals surface area contributed by atoms with Gasteiger partial charge >= 0.3 is 12.3 Å². The predicted octanol–water partition coefficient (Wildman–Crippen LogP) is 4.04. The van der Waals surface area contributed by atoms with E-state index in [2.05, 4.69) is 5.32 Å². The second kappa shape index (κ2) is 7.96. The van der Waals surface area contributed by atoms with Crippen LogP contribution in [-0.4, -0.2) is 35.0 Å². The molecule has 0 saturated carbocycles. The number of carbonyl (C=O) groups excluding carboxylic acids is 3. The van der Waals surface area contributed by atoms with Crippen LogP contribution in [0.4, 0.5) is 28.0 Å². The fraction of sp³-hybridized carbons (Fsp3) is 0.375. The van der Waals surface area contributed by atoms with E-state index in [0.717, 1.165) is 17.0 Å². The Hall–Kier alpha value is -3.63. The number of halogens is 4. The average Bonchev–Trinajstić information content (AvgIpc) is 3.43. The van der Waals surface area contributed by atoms with Gasteiger partial charge in [0.05, 0.1) is 6.04 Å². The molecule has 3 amide bonds. The van der Waals surface area contributed by atoms with Gasteiger partial charge in [0.15, 0.2) is 0 Å². The molecular formula is C24H21F4N3O4. The lowest BCUT2D eigenvalue weighted by molar-refractivity contribution is -0.186. The summed E-state index contributed by atoms with van der Waals surface area (Å²) in [5, 5.41) is 2.09. The van der Waals surface area contributed by atoms with Gasteiger partial charge in [0.1, 0.15) is 11.9 Å². The zero-order valence-electron chi connectivity index (χ0n) is 18.3. The number of alkyl carbamates (subject to hydrolysis) is 1. The number of anilines is 1. The molecule has 1 unspecified atom stereocenters. The highest BCUT2D eigenvalue weighted by atomic mass is 19.4. The zero-order valence-corrected chi connectivity index (χ0v) is 18.3. The summed E-state index contributed by atoms with van der Waals surface area (Å²) in [6.07, 6.45) is -6.24. The van der Waals surface area contributed by atoms with Crippen molar-refractivity contribution in [2.45, 2.75) is 55.5 Å². The third-order valence-electron chi connectivity index (χ3n) is 7.06. The summed E-state index contributed by atoms with van der Waals surface area (Å²) in [4.78, 5) is 38.7. The predicted molar refractivity (Wildman–Crippen MR) is 114 cm³/mol. The summed E-state index contributed by atoms with van der Waals surface area (Å²) < 4.78 is 60.4. The van der Waals surface area contributed by atoms with Crippen molar-refractivity contribution in [3.63, 3.8) is 0 Å². The van der Waals surface area contributed by atoms with Gasteiger partial charge in [0.2, 0.25) is 11.5 Å². The van der Waals surface area contributed by atoms with Crippen LogP contribution in [-0.2, 0) is 19.9 Å². The Balaban J connectivity index is 1.48. The van der Waals surface area contributed by atoms with Gasteiger partial charge in [-0.25, -0.2) is 9.18 Å². The molecule has 0 aromatic heterocycles. The number of rotatable bonds is 3. The SMILES string of the molecule is Nc1ccc2c(c1)C(CC(=O)N1[C@H](c3ccc(F)cc3)CC[C@@H]1C(F)(F)F)C[C@@]21OC(=O)NC1=O. The molecule has 184 valence electrons. The van der Waals surface area contributed by atoms with Crippen molar-refractivity contribution in [2.75, 3.05) is 5.73 Å². The molecule has 3 aliphatic rings. The zero-order chi connectivity index (χ0) is 25.1. The second-order valence-corrected chi connectivity index (χ2v) is 9.13. The Morgan fingerprint density at radius 3 is 2.49 bits per heavy atom. The van der Waals surface area contributed by atoms with Crippen molar-refractivity contribution in [2.24, 2.45) is 0 Å². The lowest BCUT2D eigenvalue weighted by atomic mass is 9.93. The van der Waals surface area contributed by atoms with E-state index in [-0.39, 0.29) is 25.7 Å². The van der Waals surface area contributed by atoms with E-state index < -0.39 is 53.5 Å². The van der Waals surface area contributed by atoms with Crippen molar-refractivity contribution < 1.29 is 36.7 Å². The van der Waals surface area contributed by atoms with Crippen molar-refractivity contribution in [1.29, 1.82) is 0 Å². The van der Waals surface area contributed by atoms with Crippen LogP contribution in [0.25, 0.3) is 0 Å². The van der Waals surface area contributed by atoms with Gasteiger partial charge in [0.25, 0.3) is 5.91 Å². The molecule has 1 spiro atoms. The number of carbonyl (C=O) groups is 3. The summed E-state index contributed by atoms with van der Waals surface area (Å²) in [5.74, 6) is -2.70. The third kappa shape index (κ3) is 3.78. The lowest BCUT2D eigenvalue weighted by Crippen LogP contribution is -2.46. The summed E-state index contributed by atoms with van der Waals surface area (Å²) in [5.41, 5.74) is 5.82. The van der Waals surface area contributed by atoms with Crippen LogP contribution in [0, 0.1) is 5.82 Å². The minimum atomic E-state index is -4.65. The molecule has 0 bridgehead atoms. The van der Waals surface area contributed by atoms with Gasteiger partial charge in [-0.1, -0.05) is 18.2 Å². The van der Waals surface area contributed by atoms with Gasteiger partial charge in [-0.2, -0.15) is 13.2 Å². The normalized spacial score (nSPS) is 27.8. The molecule has 2 saturated heterocycles. The number of nitrogens with one attached hydrogen (secondary N) is 1. The molecule has 2 heterocycles. The molecule has 11 heteroatoms. The van der Waals surface area contributed by atoms with Gasteiger partial charge < -0.3 is 15.4 Å². The quantitative estimate of drug-likeness (QED) is 0.499. The van der Waals surface area contributed by atoms with Gasteiger partial charge in [0, 0.05) is 24.1 Å². The molecule has 0 radical (unpaired) electrons. The Morgan fingerprint density at radius 1 is 1.14 bits per heavy atom. The first kappa shape index (κ1) is 23.1. The topological polar surface area (TPSA) is 102 Å². The van der Waals surface area contributed by atoms with Gasteiger partial charge in [-0.15, -0.1) is 0 Å². The molecule has 2 aromatic rings. The molecule has 7 nitrogen and oxygen atoms in total. The van der Waals surface area contributed by atoms with Gasteiger partial charge in [-0.3, -0.25) is 14.9 Å². The summed E-state index contributed by atoms with van der Waals surface area (Å²) >= 11 is 0. The van der Waals surface area contributed by atoms with E-state index in [1.165, 1.54) is 24.3 Å². The monoisotopic (exact) mass is 491 g/mol. The highest BCUT2D eigenvalue weighted by Gasteiger charge is 2.58. The van der Waals surface area contributed by atoms with Crippen molar-refractivity contribution in [3.05, 3.63) is 65.0 Å². The van der Waals surface area contributed by atoms with E-state index in [1.54, 1.807) is 6.07 Å². The fourth-order valence-electron chi connectivity index (χ4n) is 5.58. The number of nitrogen functional groups attached to an aromatic ring is 1. The van der Waals surface area contributed by atoms with Crippen LogP contribution in [0.15, 0.2) is 42.5 Å². The van der Waals surface area contributed by atoms with Crippen LogP contribution in [0.5, 0.6) is 0 Å². The Labute approximate surface area is 197 Å². The maximum atomic E-state index is 13.9. The molecule has 1 aliphatic carbocycles. The van der Waals surface area contributed by atoms with Gasteiger partial charge in [-0.05, 0) is 54.2 Å². The highest BCUT2D eigenvalue weighted by molar-refractivity contribution is 6.04. The number of hydrogen-bond acceptors (Lipinski definition) is 5. The van der Waals surface area contributed by atoms with E-state index >= 15 is 0 Å². The smallest absolute Gasteiger partial charge is 0.415 e. The van der Waals surface area contributed by atoms with E-state index in [0.29, 0.717) is 22.4 Å². The number of nitrogens with two attached hydrogens (primary N) is 1. The molecule has 2 aliphatic heterocycles. The minimum Gasteiger partial charge on any atom is -0.427 e. The maximum Gasteiger partial charge on any atom is 0.415 e. The number of alkyl halides is 3. The second-order valence-electron chi connectivity index (χ2n) is 9.13. The highest BCUT2D eigenvalue weighted by Crippen LogP contribution is 2.52. The maximum absolute atomic E-state index is 13.9. The summed E-state index contributed by atoms with van der Waals surface area (Å²) in [6, 6.07) is 6.77. The molecule has 3 N–H and O–H groups in total. The standard InChI is InChI=1S/C24H21F4N3O4/c25-14-3-1-12(2-4-14)18-7-8-19(24(26,27)28)31(18)20(32)9-13-11-23(21(33)30-22(34)35-23)17-6-5-15(29)10-16(13)17/h1-6,10,13,18-19H,7-9,11,29H2,(H,30,33,34)/t13?,18-,19+,23+/m0/s1. The number of amides is 3. The van der Waals surface area contributed by atoms with Crippen LogP contribution in [0.2, 0.25) is 0 Å². The van der Waals surface area contributed by atoms with E-state index in [9.17, 15) is 31.9 Å². The third-order valence-corrected chi connectivity index (χ3v) is 7.06. The van der Waals surface area contributed by atoms with E-state index in [1.807, 2.05) is 0 Å². The summed E-state index contributed by atoms with van der Waals surface area (Å²) in [6.45, 7) is 0. The first-order chi connectivity index (χ1) is 16.5. The summed E-state index contributed by atoms with van der Waals surface area (Å²) in [7, 11) is 0. The number of imide groups is 1. The Morgan fingerprint density at radius 2 is 1.86 bits per heavy atom. The largest absolute Gasteiger partial charge is 0.427 e. The fourth-order valence-corrected chi connectivity index (χ4v) is 5.58. The first-order valence-electron chi connectivity index (χ1n) is 11.1. The molecule has 2 fully saturated rings. The molecular weight excluding hydrogens is 470 g/mol. The number of ether oxygens (including phenoxy) is 1. The lowest BCUT2D eigenvalue weighted by Gasteiger charge is -2.33. The first-order valence-corrected chi connectivity index (χ1v) is 11.1. The number of fused-ring (bicyclic) bond motifs is 2. The Bertz CT molecular complexity index is 1220. The number of hydrogen-bond donors (Lipinski definition) is 2. The van der Waals surface area contributed by atoms with Crippen LogP contribution < -0.4 is 11.1 Å². The number of likely N-dealkylation sites (tertiary alicyclic amines) is 1. The number of nitrogens with zero attached hydrogens (tertiary/aromatic N) is 1. The number of benzene rings is 2. The Kier molecular flexibility index (Phi) is 5.26. The van der Waals surface area contributed by atoms with E-state index in [4.69, 9.17) is 10.5 Å². The van der Waals surface area contributed by atoms with Crippen LogP contribution >= 0.6 is 0 Å². The van der Waals surface area contributed by atoms with Crippen molar-refractivity contribution in [1.82, 2.24) is 10.2 Å². The molecule has 5 rings (SSSR count). The van der Waals surface area contributed by atoms with Crippen LogP contribution in [0.3, 0.4) is 0 Å². The van der Waals surface area contributed by atoms with Crippen molar-refractivity contribution in [3.8, 4) is 0 Å². The van der Waals surface area contributed by atoms with Crippen LogP contribution in [0.1, 0.15) is 54.3 Å². The molecule has 2 aromatic carbocycles. The molecule has 35 heavy (non-hydrogen) atoms. The minimum absolute atomic E-state index is 0.0692. The average molecular weight is 491 g/mol.